The van der Waals surface area contributed by atoms with Gasteiger partial charge in [-0.05, 0) is 37.1 Å². The van der Waals surface area contributed by atoms with E-state index in [4.69, 9.17) is 0 Å². The number of rotatable bonds is 4. The second-order valence-corrected chi connectivity index (χ2v) is 6.45. The van der Waals surface area contributed by atoms with E-state index in [1.807, 2.05) is 28.8 Å². The van der Waals surface area contributed by atoms with Gasteiger partial charge in [0.25, 0.3) is 5.91 Å². The number of aromatic nitrogens is 3. The number of carbonyl (C=O) groups is 1. The fraction of sp³-hybridized carbons (Fsp3) is 0.316. The first-order chi connectivity index (χ1) is 13.1. The average Bonchev–Trinajstić information content (AvgIpc) is 3.12. The number of benzene rings is 1. The Morgan fingerprint density at radius 2 is 1.96 bits per heavy atom. The normalized spacial score (nSPS) is 17.4. The number of nitrogens with zero attached hydrogens (tertiary/aromatic N) is 4. The third-order valence-electron chi connectivity index (χ3n) is 4.75. The van der Waals surface area contributed by atoms with Crippen LogP contribution in [0.25, 0.3) is 5.65 Å². The number of amides is 1. The molecular weight excluding hydrogens is 354 g/mol. The van der Waals surface area contributed by atoms with E-state index in [0.29, 0.717) is 13.1 Å². The Balaban J connectivity index is 1.58. The molecule has 27 heavy (non-hydrogen) atoms. The van der Waals surface area contributed by atoms with E-state index in [0.717, 1.165) is 24.3 Å². The number of likely N-dealkylation sites (tertiary alicyclic amines) is 1. The van der Waals surface area contributed by atoms with Crippen molar-refractivity contribution in [2.45, 2.75) is 25.4 Å². The summed E-state index contributed by atoms with van der Waals surface area (Å²) in [6, 6.07) is 11.8. The molecular formula is C19H18F2N4O2. The van der Waals surface area contributed by atoms with Crippen molar-refractivity contribution in [3.05, 3.63) is 60.0 Å². The first-order valence-corrected chi connectivity index (χ1v) is 8.76. The van der Waals surface area contributed by atoms with Crippen molar-refractivity contribution >= 4 is 11.6 Å². The molecule has 0 saturated carbocycles. The number of ether oxygens (including phenoxy) is 1. The molecule has 0 bridgehead atoms. The lowest BCUT2D eigenvalue weighted by Crippen LogP contribution is -2.39. The van der Waals surface area contributed by atoms with E-state index in [1.165, 1.54) is 12.1 Å². The highest BCUT2D eigenvalue weighted by atomic mass is 19.3. The van der Waals surface area contributed by atoms with Crippen LogP contribution in [0.2, 0.25) is 0 Å². The zero-order chi connectivity index (χ0) is 18.8. The van der Waals surface area contributed by atoms with Crippen LogP contribution in [0.4, 0.5) is 8.78 Å². The summed E-state index contributed by atoms with van der Waals surface area (Å²) in [5, 5.41) is 8.47. The van der Waals surface area contributed by atoms with E-state index in [2.05, 4.69) is 14.9 Å². The van der Waals surface area contributed by atoms with Gasteiger partial charge in [0.15, 0.2) is 5.65 Å². The van der Waals surface area contributed by atoms with Crippen LogP contribution < -0.4 is 4.74 Å². The maximum atomic E-state index is 12.9. The lowest BCUT2D eigenvalue weighted by Gasteiger charge is -2.32. The largest absolute Gasteiger partial charge is 0.434 e. The SMILES string of the molecule is O=C(c1ccccc1OC(F)F)N1CCCC(c2nnc3ccccn23)C1. The molecule has 1 aliphatic rings. The number of piperidine rings is 1. The molecule has 0 aliphatic carbocycles. The number of fused-ring (bicyclic) bond motifs is 1. The second-order valence-electron chi connectivity index (χ2n) is 6.45. The minimum atomic E-state index is -2.98. The fourth-order valence-electron chi connectivity index (χ4n) is 3.52. The van der Waals surface area contributed by atoms with E-state index in [-0.39, 0.29) is 23.1 Å². The highest BCUT2D eigenvalue weighted by molar-refractivity contribution is 5.97. The van der Waals surface area contributed by atoms with E-state index < -0.39 is 6.61 Å². The Kier molecular flexibility index (Phi) is 4.70. The van der Waals surface area contributed by atoms with Crippen LogP contribution in [-0.2, 0) is 0 Å². The molecule has 0 N–H and O–H groups in total. The summed E-state index contributed by atoms with van der Waals surface area (Å²) < 4.78 is 31.7. The summed E-state index contributed by atoms with van der Waals surface area (Å²) in [7, 11) is 0. The number of para-hydroxylation sites is 1. The Hall–Kier alpha value is -3.03. The number of hydrogen-bond acceptors (Lipinski definition) is 4. The molecule has 0 spiro atoms. The smallest absolute Gasteiger partial charge is 0.387 e. The topological polar surface area (TPSA) is 59.7 Å². The Morgan fingerprint density at radius 1 is 1.15 bits per heavy atom. The number of alkyl halides is 2. The minimum absolute atomic E-state index is 0.0308. The lowest BCUT2D eigenvalue weighted by molar-refractivity contribution is -0.0503. The monoisotopic (exact) mass is 372 g/mol. The first kappa shape index (κ1) is 17.4. The first-order valence-electron chi connectivity index (χ1n) is 8.76. The Labute approximate surface area is 154 Å². The quantitative estimate of drug-likeness (QED) is 0.705. The van der Waals surface area contributed by atoms with Gasteiger partial charge in [-0.2, -0.15) is 8.78 Å². The summed E-state index contributed by atoms with van der Waals surface area (Å²) in [4.78, 5) is 14.6. The van der Waals surface area contributed by atoms with Crippen LogP contribution in [0.1, 0.15) is 34.9 Å². The van der Waals surface area contributed by atoms with Gasteiger partial charge in [0.2, 0.25) is 0 Å². The van der Waals surface area contributed by atoms with Gasteiger partial charge < -0.3 is 9.64 Å². The van der Waals surface area contributed by atoms with Gasteiger partial charge in [-0.15, -0.1) is 10.2 Å². The van der Waals surface area contributed by atoms with Gasteiger partial charge in [0.1, 0.15) is 11.6 Å². The third-order valence-corrected chi connectivity index (χ3v) is 4.75. The second kappa shape index (κ2) is 7.30. The molecule has 0 radical (unpaired) electrons. The molecule has 4 rings (SSSR count). The number of hydrogen-bond donors (Lipinski definition) is 0. The zero-order valence-corrected chi connectivity index (χ0v) is 14.5. The zero-order valence-electron chi connectivity index (χ0n) is 14.5. The van der Waals surface area contributed by atoms with Gasteiger partial charge in [-0.1, -0.05) is 18.2 Å². The predicted octanol–water partition coefficient (Wildman–Crippen LogP) is 3.35. The van der Waals surface area contributed by atoms with Crippen LogP contribution in [0.5, 0.6) is 5.75 Å². The van der Waals surface area contributed by atoms with E-state index >= 15 is 0 Å². The van der Waals surface area contributed by atoms with Crippen LogP contribution in [0, 0.1) is 0 Å². The molecule has 140 valence electrons. The van der Waals surface area contributed by atoms with E-state index in [9.17, 15) is 13.6 Å². The van der Waals surface area contributed by atoms with Crippen molar-refractivity contribution < 1.29 is 18.3 Å². The van der Waals surface area contributed by atoms with Crippen LogP contribution in [0.3, 0.4) is 0 Å². The van der Waals surface area contributed by atoms with Crippen molar-refractivity contribution in [1.82, 2.24) is 19.5 Å². The molecule has 1 aromatic carbocycles. The van der Waals surface area contributed by atoms with Gasteiger partial charge >= 0.3 is 6.61 Å². The number of carbonyl (C=O) groups excluding carboxylic acids is 1. The molecule has 1 unspecified atom stereocenters. The summed E-state index contributed by atoms with van der Waals surface area (Å²) in [6.07, 6.45) is 3.59. The van der Waals surface area contributed by atoms with E-state index in [1.54, 1.807) is 17.0 Å². The predicted molar refractivity (Wildman–Crippen MR) is 93.9 cm³/mol. The molecule has 2 aromatic heterocycles. The van der Waals surface area contributed by atoms with Gasteiger partial charge in [0, 0.05) is 25.2 Å². The maximum Gasteiger partial charge on any atom is 0.387 e. The number of pyridine rings is 1. The highest BCUT2D eigenvalue weighted by Gasteiger charge is 2.29. The van der Waals surface area contributed by atoms with Crippen molar-refractivity contribution in [2.75, 3.05) is 13.1 Å². The fourth-order valence-corrected chi connectivity index (χ4v) is 3.52. The van der Waals surface area contributed by atoms with Gasteiger partial charge in [-0.25, -0.2) is 0 Å². The van der Waals surface area contributed by atoms with Crippen LogP contribution in [-0.4, -0.2) is 45.1 Å². The third kappa shape index (κ3) is 3.47. The Morgan fingerprint density at radius 3 is 2.81 bits per heavy atom. The molecule has 1 amide bonds. The van der Waals surface area contributed by atoms with Crippen molar-refractivity contribution in [1.29, 1.82) is 0 Å². The molecule has 1 saturated heterocycles. The molecule has 1 aliphatic heterocycles. The summed E-state index contributed by atoms with van der Waals surface area (Å²) in [6.45, 7) is -1.96. The molecule has 1 fully saturated rings. The summed E-state index contributed by atoms with van der Waals surface area (Å²) in [5.74, 6) is 0.417. The molecule has 3 heterocycles. The average molecular weight is 372 g/mol. The Bertz CT molecular complexity index is 960. The minimum Gasteiger partial charge on any atom is -0.434 e. The van der Waals surface area contributed by atoms with Gasteiger partial charge in [-0.3, -0.25) is 9.20 Å². The number of halogens is 2. The van der Waals surface area contributed by atoms with Crippen LogP contribution >= 0.6 is 0 Å². The van der Waals surface area contributed by atoms with Crippen molar-refractivity contribution in [3.63, 3.8) is 0 Å². The van der Waals surface area contributed by atoms with Crippen molar-refractivity contribution in [3.8, 4) is 5.75 Å². The summed E-state index contributed by atoms with van der Waals surface area (Å²) in [5.41, 5.74) is 0.899. The highest BCUT2D eigenvalue weighted by Crippen LogP contribution is 2.29. The molecule has 1 atom stereocenters. The maximum absolute atomic E-state index is 12.9. The molecule has 3 aromatic rings. The van der Waals surface area contributed by atoms with Gasteiger partial charge in [0.05, 0.1) is 5.56 Å². The molecule has 6 nitrogen and oxygen atoms in total. The summed E-state index contributed by atoms with van der Waals surface area (Å²) >= 11 is 0. The standard InChI is InChI=1S/C19H18F2N4O2/c20-19(21)27-15-8-2-1-7-14(15)18(26)24-10-5-6-13(12-24)17-23-22-16-9-3-4-11-25(16)17/h1-4,7-9,11,13,19H,5-6,10,12H2. The van der Waals surface area contributed by atoms with Crippen molar-refractivity contribution in [2.24, 2.45) is 0 Å². The van der Waals surface area contributed by atoms with Crippen LogP contribution in [0.15, 0.2) is 48.7 Å². The lowest BCUT2D eigenvalue weighted by atomic mass is 9.96. The molecule has 8 heteroatoms.